The van der Waals surface area contributed by atoms with Crippen LogP contribution in [0.2, 0.25) is 0 Å². The van der Waals surface area contributed by atoms with Crippen LogP contribution in [-0.2, 0) is 0 Å². The quantitative estimate of drug-likeness (QED) is 0.774. The van der Waals surface area contributed by atoms with E-state index in [1.807, 2.05) is 11.8 Å². The number of aromatic nitrogens is 1. The number of fused-ring (bicyclic) bond motifs is 1. The van der Waals surface area contributed by atoms with Crippen molar-refractivity contribution in [2.24, 2.45) is 5.92 Å². The molecule has 5 nitrogen and oxygen atoms in total. The minimum Gasteiger partial charge on any atom is -0.331 e. The highest BCUT2D eigenvalue weighted by atomic mass is 16.2. The van der Waals surface area contributed by atoms with Crippen molar-refractivity contribution in [3.05, 3.63) is 33.7 Å². The van der Waals surface area contributed by atoms with Crippen molar-refractivity contribution in [2.75, 3.05) is 13.1 Å². The van der Waals surface area contributed by atoms with Gasteiger partial charge in [-0.3, -0.25) is 9.59 Å². The van der Waals surface area contributed by atoms with Gasteiger partial charge in [-0.1, -0.05) is 0 Å². The first-order chi connectivity index (χ1) is 9.08. The van der Waals surface area contributed by atoms with Crippen molar-refractivity contribution in [1.82, 2.24) is 15.2 Å². The smallest absolute Gasteiger partial charge is 0.260 e. The molecule has 0 bridgehead atoms. The van der Waals surface area contributed by atoms with Gasteiger partial charge in [-0.05, 0) is 38.3 Å². The van der Waals surface area contributed by atoms with E-state index >= 15 is 0 Å². The number of rotatable bonds is 1. The van der Waals surface area contributed by atoms with Crippen molar-refractivity contribution in [2.45, 2.75) is 32.4 Å². The highest BCUT2D eigenvalue weighted by molar-refractivity contribution is 5.94. The molecule has 3 atom stereocenters. The third-order valence-corrected chi connectivity index (χ3v) is 4.30. The van der Waals surface area contributed by atoms with Gasteiger partial charge in [-0.25, -0.2) is 0 Å². The fourth-order valence-corrected chi connectivity index (χ4v) is 3.39. The standard InChI is InChI=1S/C14H19N3O2/c1-8-3-4-11(13(18)16-8)14(19)17-9(2)5-10-6-15-7-12(10)17/h3-4,9-10,12,15H,5-7H2,1-2H3,(H,16,18). The van der Waals surface area contributed by atoms with Gasteiger partial charge in [0.25, 0.3) is 11.5 Å². The van der Waals surface area contributed by atoms with E-state index < -0.39 is 0 Å². The number of aryl methyl sites for hydroxylation is 1. The van der Waals surface area contributed by atoms with Gasteiger partial charge < -0.3 is 15.2 Å². The third kappa shape index (κ3) is 1.98. The van der Waals surface area contributed by atoms with Crippen LogP contribution in [0.4, 0.5) is 0 Å². The highest BCUT2D eigenvalue weighted by Gasteiger charge is 2.44. The average molecular weight is 261 g/mol. The SMILES string of the molecule is Cc1ccc(C(=O)N2C(C)CC3CNCC32)c(=O)[nH]1. The largest absolute Gasteiger partial charge is 0.331 e. The molecule has 3 heterocycles. The van der Waals surface area contributed by atoms with Gasteiger partial charge in [-0.2, -0.15) is 0 Å². The Morgan fingerprint density at radius 2 is 2.16 bits per heavy atom. The van der Waals surface area contributed by atoms with E-state index in [4.69, 9.17) is 0 Å². The number of amides is 1. The zero-order chi connectivity index (χ0) is 13.6. The Bertz CT molecular complexity index is 566. The van der Waals surface area contributed by atoms with Gasteiger partial charge in [-0.15, -0.1) is 0 Å². The zero-order valence-corrected chi connectivity index (χ0v) is 11.3. The van der Waals surface area contributed by atoms with E-state index in [0.717, 1.165) is 25.2 Å². The number of nitrogens with zero attached hydrogens (tertiary/aromatic N) is 1. The van der Waals surface area contributed by atoms with E-state index in [0.29, 0.717) is 5.92 Å². The molecule has 0 saturated carbocycles. The maximum absolute atomic E-state index is 12.6. The molecule has 2 aliphatic heterocycles. The Labute approximate surface area is 112 Å². The van der Waals surface area contributed by atoms with Crippen LogP contribution in [0.25, 0.3) is 0 Å². The van der Waals surface area contributed by atoms with Gasteiger partial charge in [0.1, 0.15) is 5.56 Å². The first-order valence-electron chi connectivity index (χ1n) is 6.81. The lowest BCUT2D eigenvalue weighted by Crippen LogP contribution is -2.44. The second kappa shape index (κ2) is 4.49. The van der Waals surface area contributed by atoms with Crippen LogP contribution in [0.5, 0.6) is 0 Å². The first-order valence-corrected chi connectivity index (χ1v) is 6.81. The predicted molar refractivity (Wildman–Crippen MR) is 72.2 cm³/mol. The topological polar surface area (TPSA) is 65.2 Å². The summed E-state index contributed by atoms with van der Waals surface area (Å²) in [6.07, 6.45) is 1.02. The Hall–Kier alpha value is -1.62. The molecule has 0 radical (unpaired) electrons. The molecule has 2 fully saturated rings. The number of hydrogen-bond acceptors (Lipinski definition) is 3. The molecule has 102 valence electrons. The second-order valence-electron chi connectivity index (χ2n) is 5.67. The minimum absolute atomic E-state index is 0.134. The molecule has 1 amide bonds. The predicted octanol–water partition coefficient (Wildman–Crippen LogP) is 0.506. The Kier molecular flexibility index (Phi) is 2.93. The van der Waals surface area contributed by atoms with Crippen LogP contribution in [0.1, 0.15) is 29.4 Å². The summed E-state index contributed by atoms with van der Waals surface area (Å²) >= 11 is 0. The Morgan fingerprint density at radius 3 is 2.89 bits per heavy atom. The summed E-state index contributed by atoms with van der Waals surface area (Å²) in [7, 11) is 0. The number of carbonyl (C=O) groups excluding carboxylic acids is 1. The maximum atomic E-state index is 12.6. The van der Waals surface area contributed by atoms with E-state index in [-0.39, 0.29) is 29.1 Å². The normalized spacial score (nSPS) is 29.6. The van der Waals surface area contributed by atoms with E-state index in [1.54, 1.807) is 12.1 Å². The monoisotopic (exact) mass is 261 g/mol. The number of likely N-dealkylation sites (tertiary alicyclic amines) is 1. The van der Waals surface area contributed by atoms with Gasteiger partial charge in [0.05, 0.1) is 0 Å². The van der Waals surface area contributed by atoms with E-state index in [2.05, 4.69) is 17.2 Å². The fourth-order valence-electron chi connectivity index (χ4n) is 3.39. The van der Waals surface area contributed by atoms with Crippen molar-refractivity contribution < 1.29 is 4.79 Å². The lowest BCUT2D eigenvalue weighted by molar-refractivity contribution is 0.0680. The van der Waals surface area contributed by atoms with Crippen molar-refractivity contribution in [3.8, 4) is 0 Å². The van der Waals surface area contributed by atoms with Gasteiger partial charge in [0.15, 0.2) is 0 Å². The van der Waals surface area contributed by atoms with Crippen LogP contribution in [0, 0.1) is 12.8 Å². The van der Waals surface area contributed by atoms with Crippen molar-refractivity contribution in [3.63, 3.8) is 0 Å². The molecule has 1 aromatic rings. The maximum Gasteiger partial charge on any atom is 0.260 e. The van der Waals surface area contributed by atoms with Crippen LogP contribution in [0.3, 0.4) is 0 Å². The van der Waals surface area contributed by atoms with Crippen LogP contribution in [-0.4, -0.2) is 41.0 Å². The molecule has 0 aromatic carbocycles. The van der Waals surface area contributed by atoms with E-state index in [1.165, 1.54) is 0 Å². The minimum atomic E-state index is -0.286. The molecular formula is C14H19N3O2. The fraction of sp³-hybridized carbons (Fsp3) is 0.571. The molecule has 2 N–H and O–H groups in total. The number of carbonyl (C=O) groups is 1. The number of aromatic amines is 1. The summed E-state index contributed by atoms with van der Waals surface area (Å²) in [6, 6.07) is 3.87. The summed E-state index contributed by atoms with van der Waals surface area (Å²) in [5.74, 6) is 0.397. The first kappa shape index (κ1) is 12.4. The summed E-state index contributed by atoms with van der Waals surface area (Å²) in [6.45, 7) is 5.69. The summed E-state index contributed by atoms with van der Waals surface area (Å²) < 4.78 is 0. The molecule has 5 heteroatoms. The zero-order valence-electron chi connectivity index (χ0n) is 11.3. The van der Waals surface area contributed by atoms with Crippen LogP contribution < -0.4 is 10.9 Å². The number of pyridine rings is 1. The molecule has 0 spiro atoms. The summed E-state index contributed by atoms with van der Waals surface area (Å²) in [5.41, 5.74) is 0.744. The third-order valence-electron chi connectivity index (χ3n) is 4.30. The molecule has 3 rings (SSSR count). The lowest BCUT2D eigenvalue weighted by Gasteiger charge is -2.27. The average Bonchev–Trinajstić information content (AvgIpc) is 2.87. The van der Waals surface area contributed by atoms with Crippen molar-refractivity contribution in [1.29, 1.82) is 0 Å². The number of H-pyrrole nitrogens is 1. The van der Waals surface area contributed by atoms with Gasteiger partial charge in [0.2, 0.25) is 0 Å². The molecule has 2 saturated heterocycles. The second-order valence-corrected chi connectivity index (χ2v) is 5.67. The molecule has 3 unspecified atom stereocenters. The lowest BCUT2D eigenvalue weighted by atomic mass is 10.0. The Morgan fingerprint density at radius 1 is 1.37 bits per heavy atom. The summed E-state index contributed by atoms with van der Waals surface area (Å²) in [4.78, 5) is 29.1. The molecule has 19 heavy (non-hydrogen) atoms. The molecule has 2 aliphatic rings. The number of hydrogen-bond donors (Lipinski definition) is 2. The summed E-state index contributed by atoms with van der Waals surface area (Å²) in [5, 5.41) is 3.33. The Balaban J connectivity index is 1.93. The van der Waals surface area contributed by atoms with Gasteiger partial charge in [0, 0.05) is 30.9 Å². The number of nitrogens with one attached hydrogen (secondary N) is 2. The van der Waals surface area contributed by atoms with Crippen LogP contribution in [0.15, 0.2) is 16.9 Å². The molecular weight excluding hydrogens is 242 g/mol. The van der Waals surface area contributed by atoms with Gasteiger partial charge >= 0.3 is 0 Å². The van der Waals surface area contributed by atoms with E-state index in [9.17, 15) is 9.59 Å². The van der Waals surface area contributed by atoms with Crippen LogP contribution >= 0.6 is 0 Å². The van der Waals surface area contributed by atoms with Crippen molar-refractivity contribution >= 4 is 5.91 Å². The molecule has 0 aliphatic carbocycles. The molecule has 1 aromatic heterocycles. The highest BCUT2D eigenvalue weighted by Crippen LogP contribution is 2.32.